The number of ether oxygens (including phenoxy) is 1. The highest BCUT2D eigenvalue weighted by Crippen LogP contribution is 2.20. The standard InChI is InChI=1S/C16H22N2O2/c1-13-3-2-4-15(11-13)17-6-8-18(9-7-17)16(19)14-5-10-20-12-14/h2-4,11,14H,5-10,12H2,1H3. The molecule has 1 aromatic carbocycles. The number of amides is 1. The average molecular weight is 274 g/mol. The van der Waals surface area contributed by atoms with Crippen molar-refractivity contribution in [2.75, 3.05) is 44.3 Å². The normalized spacial score (nSPS) is 23.1. The third kappa shape index (κ3) is 2.80. The first-order valence-electron chi connectivity index (χ1n) is 7.42. The molecule has 108 valence electrons. The number of hydrogen-bond donors (Lipinski definition) is 0. The summed E-state index contributed by atoms with van der Waals surface area (Å²) in [6.07, 6.45) is 0.886. The lowest BCUT2D eigenvalue weighted by Gasteiger charge is -2.37. The Morgan fingerprint density at radius 2 is 2.05 bits per heavy atom. The van der Waals surface area contributed by atoms with E-state index in [0.717, 1.165) is 39.2 Å². The molecule has 2 fully saturated rings. The molecule has 1 atom stereocenters. The highest BCUT2D eigenvalue weighted by atomic mass is 16.5. The van der Waals surface area contributed by atoms with Gasteiger partial charge >= 0.3 is 0 Å². The van der Waals surface area contributed by atoms with Crippen LogP contribution in [-0.4, -0.2) is 50.2 Å². The van der Waals surface area contributed by atoms with E-state index >= 15 is 0 Å². The van der Waals surface area contributed by atoms with Crippen LogP contribution < -0.4 is 4.90 Å². The molecular weight excluding hydrogens is 252 g/mol. The molecule has 2 heterocycles. The van der Waals surface area contributed by atoms with E-state index in [0.29, 0.717) is 6.61 Å². The molecule has 2 saturated heterocycles. The maximum absolute atomic E-state index is 12.3. The summed E-state index contributed by atoms with van der Waals surface area (Å²) >= 11 is 0. The van der Waals surface area contributed by atoms with Gasteiger partial charge in [-0.3, -0.25) is 4.79 Å². The van der Waals surface area contributed by atoms with E-state index in [1.807, 2.05) is 4.90 Å². The van der Waals surface area contributed by atoms with Crippen LogP contribution in [0.4, 0.5) is 5.69 Å². The molecule has 0 saturated carbocycles. The predicted molar refractivity (Wildman–Crippen MR) is 78.9 cm³/mol. The highest BCUT2D eigenvalue weighted by molar-refractivity contribution is 5.79. The molecule has 20 heavy (non-hydrogen) atoms. The van der Waals surface area contributed by atoms with Gasteiger partial charge in [-0.2, -0.15) is 0 Å². The minimum Gasteiger partial charge on any atom is -0.381 e. The van der Waals surface area contributed by atoms with E-state index in [9.17, 15) is 4.79 Å². The Morgan fingerprint density at radius 1 is 1.25 bits per heavy atom. The van der Waals surface area contributed by atoms with Crippen LogP contribution in [-0.2, 0) is 9.53 Å². The summed E-state index contributed by atoms with van der Waals surface area (Å²) in [4.78, 5) is 16.7. The zero-order valence-electron chi connectivity index (χ0n) is 12.0. The number of carbonyl (C=O) groups is 1. The van der Waals surface area contributed by atoms with Crippen molar-refractivity contribution in [1.82, 2.24) is 4.90 Å². The molecule has 4 nitrogen and oxygen atoms in total. The molecule has 0 radical (unpaired) electrons. The third-order valence-corrected chi connectivity index (χ3v) is 4.24. The Bertz CT molecular complexity index is 475. The van der Waals surface area contributed by atoms with Gasteiger partial charge in [-0.15, -0.1) is 0 Å². The van der Waals surface area contributed by atoms with Crippen LogP contribution in [0.25, 0.3) is 0 Å². The second kappa shape index (κ2) is 5.83. The van der Waals surface area contributed by atoms with Crippen LogP contribution in [0.15, 0.2) is 24.3 Å². The fraction of sp³-hybridized carbons (Fsp3) is 0.562. The molecule has 2 aliphatic heterocycles. The van der Waals surface area contributed by atoms with Crippen molar-refractivity contribution in [3.8, 4) is 0 Å². The van der Waals surface area contributed by atoms with Gasteiger partial charge in [0.1, 0.15) is 0 Å². The first-order chi connectivity index (χ1) is 9.74. The summed E-state index contributed by atoms with van der Waals surface area (Å²) in [6.45, 7) is 6.94. The minimum atomic E-state index is 0.0977. The van der Waals surface area contributed by atoms with Crippen molar-refractivity contribution >= 4 is 11.6 Å². The molecule has 1 unspecified atom stereocenters. The summed E-state index contributed by atoms with van der Waals surface area (Å²) in [7, 11) is 0. The summed E-state index contributed by atoms with van der Waals surface area (Å²) in [6, 6.07) is 8.57. The number of hydrogen-bond acceptors (Lipinski definition) is 3. The minimum absolute atomic E-state index is 0.0977. The molecular formula is C16H22N2O2. The molecule has 2 aliphatic rings. The number of nitrogens with zero attached hydrogens (tertiary/aromatic N) is 2. The smallest absolute Gasteiger partial charge is 0.228 e. The Morgan fingerprint density at radius 3 is 2.70 bits per heavy atom. The largest absolute Gasteiger partial charge is 0.381 e. The Balaban J connectivity index is 1.58. The predicted octanol–water partition coefficient (Wildman–Crippen LogP) is 1.68. The average Bonchev–Trinajstić information content (AvgIpc) is 3.01. The van der Waals surface area contributed by atoms with Crippen molar-refractivity contribution in [1.29, 1.82) is 0 Å². The van der Waals surface area contributed by atoms with Gasteiger partial charge in [0, 0.05) is 38.5 Å². The molecule has 0 aliphatic carbocycles. The SMILES string of the molecule is Cc1cccc(N2CCN(C(=O)C3CCOC3)CC2)c1. The lowest BCUT2D eigenvalue weighted by Crippen LogP contribution is -2.50. The topological polar surface area (TPSA) is 32.8 Å². The molecule has 4 heteroatoms. The van der Waals surface area contributed by atoms with Crippen LogP contribution in [0.5, 0.6) is 0 Å². The Kier molecular flexibility index (Phi) is 3.92. The zero-order chi connectivity index (χ0) is 13.9. The number of benzene rings is 1. The molecule has 0 bridgehead atoms. The van der Waals surface area contributed by atoms with Crippen LogP contribution in [0.3, 0.4) is 0 Å². The van der Waals surface area contributed by atoms with Gasteiger partial charge in [0.05, 0.1) is 12.5 Å². The number of anilines is 1. The molecule has 1 aromatic rings. The fourth-order valence-electron chi connectivity index (χ4n) is 3.00. The number of aryl methyl sites for hydroxylation is 1. The van der Waals surface area contributed by atoms with Gasteiger partial charge < -0.3 is 14.5 Å². The molecule has 0 spiro atoms. The molecule has 0 aromatic heterocycles. The monoisotopic (exact) mass is 274 g/mol. The van der Waals surface area contributed by atoms with Gasteiger partial charge in [0.2, 0.25) is 5.91 Å². The lowest BCUT2D eigenvalue weighted by molar-refractivity contribution is -0.135. The van der Waals surface area contributed by atoms with Crippen molar-refractivity contribution < 1.29 is 9.53 Å². The third-order valence-electron chi connectivity index (χ3n) is 4.24. The van der Waals surface area contributed by atoms with Gasteiger partial charge in [-0.25, -0.2) is 0 Å². The Hall–Kier alpha value is -1.55. The number of carbonyl (C=O) groups excluding carboxylic acids is 1. The van der Waals surface area contributed by atoms with Crippen LogP contribution in [0.1, 0.15) is 12.0 Å². The molecule has 1 amide bonds. The van der Waals surface area contributed by atoms with Crippen LogP contribution >= 0.6 is 0 Å². The first-order valence-corrected chi connectivity index (χ1v) is 7.42. The zero-order valence-corrected chi connectivity index (χ0v) is 12.0. The van der Waals surface area contributed by atoms with Gasteiger partial charge in [0.15, 0.2) is 0 Å². The second-order valence-electron chi connectivity index (χ2n) is 5.71. The highest BCUT2D eigenvalue weighted by Gasteiger charge is 2.30. The van der Waals surface area contributed by atoms with E-state index < -0.39 is 0 Å². The maximum Gasteiger partial charge on any atom is 0.228 e. The maximum atomic E-state index is 12.3. The van der Waals surface area contributed by atoms with Gasteiger partial charge in [-0.1, -0.05) is 12.1 Å². The van der Waals surface area contributed by atoms with Crippen molar-refractivity contribution in [3.63, 3.8) is 0 Å². The summed E-state index contributed by atoms with van der Waals surface area (Å²) in [5.74, 6) is 0.381. The van der Waals surface area contributed by atoms with E-state index in [2.05, 4.69) is 36.1 Å². The number of piperazine rings is 1. The Labute approximate surface area is 120 Å². The van der Waals surface area contributed by atoms with E-state index in [4.69, 9.17) is 4.74 Å². The van der Waals surface area contributed by atoms with Crippen molar-refractivity contribution in [2.45, 2.75) is 13.3 Å². The van der Waals surface area contributed by atoms with E-state index in [-0.39, 0.29) is 11.8 Å². The number of rotatable bonds is 2. The van der Waals surface area contributed by atoms with E-state index in [1.54, 1.807) is 0 Å². The summed E-state index contributed by atoms with van der Waals surface area (Å²) in [5.41, 5.74) is 2.55. The van der Waals surface area contributed by atoms with Gasteiger partial charge in [-0.05, 0) is 31.0 Å². The second-order valence-corrected chi connectivity index (χ2v) is 5.71. The fourth-order valence-corrected chi connectivity index (χ4v) is 3.00. The van der Waals surface area contributed by atoms with Crippen molar-refractivity contribution in [2.24, 2.45) is 5.92 Å². The quantitative estimate of drug-likeness (QED) is 0.822. The van der Waals surface area contributed by atoms with Gasteiger partial charge in [0.25, 0.3) is 0 Å². The lowest BCUT2D eigenvalue weighted by atomic mass is 10.1. The van der Waals surface area contributed by atoms with Crippen LogP contribution in [0.2, 0.25) is 0 Å². The van der Waals surface area contributed by atoms with Crippen LogP contribution in [0, 0.1) is 12.8 Å². The molecule has 0 N–H and O–H groups in total. The molecule has 3 rings (SSSR count). The summed E-state index contributed by atoms with van der Waals surface area (Å²) < 4.78 is 5.31. The van der Waals surface area contributed by atoms with Crippen molar-refractivity contribution in [3.05, 3.63) is 29.8 Å². The van der Waals surface area contributed by atoms with E-state index in [1.165, 1.54) is 11.3 Å². The summed E-state index contributed by atoms with van der Waals surface area (Å²) in [5, 5.41) is 0. The first kappa shape index (κ1) is 13.4.